The summed E-state index contributed by atoms with van der Waals surface area (Å²) < 4.78 is 13.5. The predicted octanol–water partition coefficient (Wildman–Crippen LogP) is 5.29. The number of carbonyl (C=O) groups is 1. The zero-order chi connectivity index (χ0) is 25.5. The van der Waals surface area contributed by atoms with Gasteiger partial charge in [-0.25, -0.2) is 9.78 Å². The van der Waals surface area contributed by atoms with E-state index >= 15 is 0 Å². The summed E-state index contributed by atoms with van der Waals surface area (Å²) in [6.07, 6.45) is 2.74. The molecular weight excluding hydrogens is 464 g/mol. The average molecular weight is 499 g/mol. The maximum Gasteiger partial charge on any atom is 0.317 e. The third-order valence-electron chi connectivity index (χ3n) is 7.04. The summed E-state index contributed by atoms with van der Waals surface area (Å²) >= 11 is 0. The maximum absolute atomic E-state index is 12.7. The number of piperidine rings is 1. The highest BCUT2D eigenvalue weighted by Crippen LogP contribution is 2.24. The largest absolute Gasteiger partial charge is 0.497 e. The fraction of sp³-hybridized carbons (Fsp3) is 0.333. The molecule has 0 spiro atoms. The molecule has 192 valence electrons. The van der Waals surface area contributed by atoms with E-state index in [2.05, 4.69) is 28.1 Å². The van der Waals surface area contributed by atoms with Gasteiger partial charge in [0.15, 0.2) is 0 Å². The van der Waals surface area contributed by atoms with Crippen LogP contribution in [-0.4, -0.2) is 47.2 Å². The fourth-order valence-electron chi connectivity index (χ4n) is 4.90. The summed E-state index contributed by atoms with van der Waals surface area (Å²) in [7, 11) is 1.66. The highest BCUT2D eigenvalue weighted by atomic mass is 16.5. The van der Waals surface area contributed by atoms with E-state index in [1.54, 1.807) is 7.11 Å². The van der Waals surface area contributed by atoms with Gasteiger partial charge in [0.1, 0.15) is 23.9 Å². The number of carbonyl (C=O) groups excluding carboxylic acids is 1. The van der Waals surface area contributed by atoms with Crippen LogP contribution in [-0.2, 0) is 19.6 Å². The molecular formula is C30H34N4O3. The Morgan fingerprint density at radius 1 is 0.946 bits per heavy atom. The van der Waals surface area contributed by atoms with Gasteiger partial charge >= 0.3 is 6.03 Å². The van der Waals surface area contributed by atoms with Crippen molar-refractivity contribution in [3.63, 3.8) is 0 Å². The van der Waals surface area contributed by atoms with Crippen molar-refractivity contribution in [1.29, 1.82) is 0 Å². The van der Waals surface area contributed by atoms with Crippen LogP contribution in [0.5, 0.6) is 11.5 Å². The Kier molecular flexibility index (Phi) is 7.89. The maximum atomic E-state index is 12.7. The van der Waals surface area contributed by atoms with Crippen molar-refractivity contribution in [2.75, 3.05) is 26.7 Å². The zero-order valence-electron chi connectivity index (χ0n) is 21.3. The van der Waals surface area contributed by atoms with Crippen LogP contribution in [0.3, 0.4) is 0 Å². The summed E-state index contributed by atoms with van der Waals surface area (Å²) in [5.41, 5.74) is 3.30. The number of amides is 2. The lowest BCUT2D eigenvalue weighted by Crippen LogP contribution is -2.45. The van der Waals surface area contributed by atoms with Gasteiger partial charge in [-0.05, 0) is 67.1 Å². The van der Waals surface area contributed by atoms with Gasteiger partial charge in [0, 0.05) is 26.2 Å². The highest BCUT2D eigenvalue weighted by Gasteiger charge is 2.24. The van der Waals surface area contributed by atoms with E-state index in [9.17, 15) is 4.79 Å². The van der Waals surface area contributed by atoms with Crippen molar-refractivity contribution in [2.24, 2.45) is 5.92 Å². The molecule has 1 fully saturated rings. The molecule has 37 heavy (non-hydrogen) atoms. The normalized spacial score (nSPS) is 14.0. The third kappa shape index (κ3) is 6.23. The van der Waals surface area contributed by atoms with E-state index in [0.29, 0.717) is 19.1 Å². The quantitative estimate of drug-likeness (QED) is 0.341. The van der Waals surface area contributed by atoms with Gasteiger partial charge in [-0.1, -0.05) is 42.5 Å². The van der Waals surface area contributed by atoms with E-state index < -0.39 is 0 Å². The van der Waals surface area contributed by atoms with Crippen molar-refractivity contribution in [3.05, 3.63) is 90.3 Å². The number of para-hydroxylation sites is 3. The Hall–Kier alpha value is -4.00. The second kappa shape index (κ2) is 11.8. The van der Waals surface area contributed by atoms with Crippen LogP contribution in [0.15, 0.2) is 78.9 Å². The summed E-state index contributed by atoms with van der Waals surface area (Å²) in [4.78, 5) is 19.5. The van der Waals surface area contributed by atoms with Gasteiger partial charge in [-0.3, -0.25) is 0 Å². The second-order valence-corrected chi connectivity index (χ2v) is 9.49. The number of nitrogens with zero attached hydrogens (tertiary/aromatic N) is 3. The number of aromatic nitrogens is 2. The number of methoxy groups -OCH3 is 1. The summed E-state index contributed by atoms with van der Waals surface area (Å²) in [6, 6.07) is 26.1. The first kappa shape index (κ1) is 24.7. The van der Waals surface area contributed by atoms with Crippen molar-refractivity contribution in [1.82, 2.24) is 19.8 Å². The number of urea groups is 1. The SMILES string of the molecule is COc1ccc(CCNC(=O)N2CCC(Cn3c(COc4ccccc4)nc4ccccc43)CC2)cc1. The standard InChI is InChI=1S/C30H34N4O3/c1-36-25-13-11-23(12-14-25)15-18-31-30(35)33-19-16-24(17-20-33)21-34-28-10-6-5-9-27(28)32-29(34)22-37-26-7-3-2-4-8-26/h2-14,24H,15-22H2,1H3,(H,31,35). The minimum absolute atomic E-state index is 0.0250. The molecule has 7 heteroatoms. The molecule has 0 atom stereocenters. The fourth-order valence-corrected chi connectivity index (χ4v) is 4.90. The van der Waals surface area contributed by atoms with Crippen molar-refractivity contribution < 1.29 is 14.3 Å². The van der Waals surface area contributed by atoms with Crippen molar-refractivity contribution in [2.45, 2.75) is 32.4 Å². The average Bonchev–Trinajstić information content (AvgIpc) is 3.30. The Labute approximate surface area is 218 Å². The third-order valence-corrected chi connectivity index (χ3v) is 7.04. The molecule has 2 amide bonds. The second-order valence-electron chi connectivity index (χ2n) is 9.49. The minimum Gasteiger partial charge on any atom is -0.497 e. The molecule has 0 aliphatic carbocycles. The van der Waals surface area contributed by atoms with Crippen LogP contribution in [0.2, 0.25) is 0 Å². The molecule has 7 nitrogen and oxygen atoms in total. The van der Waals surface area contributed by atoms with Gasteiger partial charge in [0.25, 0.3) is 0 Å². The van der Waals surface area contributed by atoms with Crippen molar-refractivity contribution >= 4 is 17.1 Å². The summed E-state index contributed by atoms with van der Waals surface area (Å²) in [5.74, 6) is 3.10. The topological polar surface area (TPSA) is 68.6 Å². The van der Waals surface area contributed by atoms with Gasteiger partial charge in [0.05, 0.1) is 18.1 Å². The number of likely N-dealkylation sites (tertiary alicyclic amines) is 1. The molecule has 0 unspecified atom stereocenters. The number of hydrogen-bond donors (Lipinski definition) is 1. The zero-order valence-corrected chi connectivity index (χ0v) is 21.3. The molecule has 1 N–H and O–H groups in total. The number of hydrogen-bond acceptors (Lipinski definition) is 4. The first-order valence-electron chi connectivity index (χ1n) is 13.0. The number of fused-ring (bicyclic) bond motifs is 1. The van der Waals surface area contributed by atoms with Crippen LogP contribution in [0.1, 0.15) is 24.2 Å². The lowest BCUT2D eigenvalue weighted by Gasteiger charge is -2.32. The molecule has 1 saturated heterocycles. The van der Waals surface area contributed by atoms with Crippen molar-refractivity contribution in [3.8, 4) is 11.5 Å². The van der Waals surface area contributed by atoms with Crippen LogP contribution in [0.4, 0.5) is 4.79 Å². The molecule has 1 aromatic heterocycles. The molecule has 3 aromatic carbocycles. The number of nitrogens with one attached hydrogen (secondary N) is 1. The van der Waals surface area contributed by atoms with Gasteiger partial charge in [-0.2, -0.15) is 0 Å². The summed E-state index contributed by atoms with van der Waals surface area (Å²) in [6.45, 7) is 3.45. The molecule has 1 aliphatic rings. The number of benzene rings is 3. The predicted molar refractivity (Wildman–Crippen MR) is 145 cm³/mol. The van der Waals surface area contributed by atoms with E-state index in [1.807, 2.05) is 65.6 Å². The van der Waals surface area contributed by atoms with Crippen LogP contribution in [0, 0.1) is 5.92 Å². The molecule has 2 heterocycles. The van der Waals surface area contributed by atoms with Gasteiger partial charge < -0.3 is 24.3 Å². The number of imidazole rings is 1. The molecule has 4 aromatic rings. The highest BCUT2D eigenvalue weighted by molar-refractivity contribution is 5.76. The van der Waals surface area contributed by atoms with E-state index in [-0.39, 0.29) is 6.03 Å². The lowest BCUT2D eigenvalue weighted by molar-refractivity contribution is 0.165. The first-order chi connectivity index (χ1) is 18.2. The van der Waals surface area contributed by atoms with E-state index in [0.717, 1.165) is 67.3 Å². The Balaban J connectivity index is 1.14. The molecule has 0 radical (unpaired) electrons. The van der Waals surface area contributed by atoms with Crippen LogP contribution in [0.25, 0.3) is 11.0 Å². The lowest BCUT2D eigenvalue weighted by atomic mass is 9.96. The monoisotopic (exact) mass is 498 g/mol. The van der Waals surface area contributed by atoms with E-state index in [1.165, 1.54) is 5.56 Å². The van der Waals surface area contributed by atoms with E-state index in [4.69, 9.17) is 14.5 Å². The smallest absolute Gasteiger partial charge is 0.317 e. The van der Waals surface area contributed by atoms with Gasteiger partial charge in [0.2, 0.25) is 0 Å². The Morgan fingerprint density at radius 2 is 1.68 bits per heavy atom. The molecule has 5 rings (SSSR count). The number of ether oxygens (including phenoxy) is 2. The number of rotatable bonds is 9. The van der Waals surface area contributed by atoms with Crippen LogP contribution >= 0.6 is 0 Å². The van der Waals surface area contributed by atoms with Crippen LogP contribution < -0.4 is 14.8 Å². The minimum atomic E-state index is 0.0250. The molecule has 1 aliphatic heterocycles. The first-order valence-corrected chi connectivity index (χ1v) is 13.0. The summed E-state index contributed by atoms with van der Waals surface area (Å²) in [5, 5.41) is 3.08. The Morgan fingerprint density at radius 3 is 2.43 bits per heavy atom. The van der Waals surface area contributed by atoms with Gasteiger partial charge in [-0.15, -0.1) is 0 Å². The molecule has 0 saturated carbocycles. The Bertz CT molecular complexity index is 1300. The molecule has 0 bridgehead atoms.